The van der Waals surface area contributed by atoms with E-state index in [0.717, 1.165) is 11.3 Å². The van der Waals surface area contributed by atoms with Gasteiger partial charge in [-0.1, -0.05) is 12.1 Å². The van der Waals surface area contributed by atoms with Gasteiger partial charge < -0.3 is 9.47 Å². The molecule has 1 aliphatic heterocycles. The summed E-state index contributed by atoms with van der Waals surface area (Å²) in [5.41, 5.74) is 1.10. The van der Waals surface area contributed by atoms with E-state index in [0.29, 0.717) is 26.1 Å². The molecule has 1 aromatic carbocycles. The lowest BCUT2D eigenvalue weighted by Gasteiger charge is -2.32. The smallest absolute Gasteiger partial charge is 0.215 e. The highest BCUT2D eigenvalue weighted by Gasteiger charge is 2.36. The normalized spacial score (nSPS) is 22.7. The van der Waals surface area contributed by atoms with Gasteiger partial charge in [-0.25, -0.2) is 13.1 Å². The van der Waals surface area contributed by atoms with Gasteiger partial charge in [-0.15, -0.1) is 0 Å². The number of benzene rings is 1. The van der Waals surface area contributed by atoms with E-state index >= 15 is 0 Å². The van der Waals surface area contributed by atoms with Crippen molar-refractivity contribution >= 4 is 10.0 Å². The molecule has 1 aromatic rings. The highest BCUT2D eigenvalue weighted by molar-refractivity contribution is 7.90. The second kappa shape index (κ2) is 7.44. The molecular weight excluding hydrogens is 302 g/mol. The molecular formula is C16H25NO4S. The van der Waals surface area contributed by atoms with Crippen LogP contribution in [-0.2, 0) is 21.2 Å². The zero-order valence-electron chi connectivity index (χ0n) is 13.4. The average Bonchev–Trinajstić information content (AvgIpc) is 2.47. The van der Waals surface area contributed by atoms with Gasteiger partial charge in [0.15, 0.2) is 0 Å². The Morgan fingerprint density at radius 1 is 1.32 bits per heavy atom. The first-order chi connectivity index (χ1) is 10.4. The SMILES string of the molecule is COc1ccc(C[C@@H]2COCC[C@H]2S(=O)(=O)NC(C)C)cc1. The molecule has 6 heteroatoms. The zero-order chi connectivity index (χ0) is 16.2. The van der Waals surface area contributed by atoms with Crippen LogP contribution in [0.5, 0.6) is 5.75 Å². The minimum Gasteiger partial charge on any atom is -0.497 e. The molecule has 1 N–H and O–H groups in total. The van der Waals surface area contributed by atoms with Crippen molar-refractivity contribution in [3.05, 3.63) is 29.8 Å². The highest BCUT2D eigenvalue weighted by atomic mass is 32.2. The Hall–Kier alpha value is -1.11. The number of hydrogen-bond acceptors (Lipinski definition) is 4. The topological polar surface area (TPSA) is 64.6 Å². The third kappa shape index (κ3) is 4.44. The van der Waals surface area contributed by atoms with Crippen molar-refractivity contribution in [2.75, 3.05) is 20.3 Å². The predicted octanol–water partition coefficient (Wildman–Crippen LogP) is 1.97. The molecule has 1 heterocycles. The first-order valence-electron chi connectivity index (χ1n) is 7.64. The molecule has 0 unspecified atom stereocenters. The quantitative estimate of drug-likeness (QED) is 0.867. The molecule has 0 radical (unpaired) electrons. The lowest BCUT2D eigenvalue weighted by atomic mass is 9.93. The van der Waals surface area contributed by atoms with Gasteiger partial charge >= 0.3 is 0 Å². The summed E-state index contributed by atoms with van der Waals surface area (Å²) in [6.45, 7) is 4.67. The summed E-state index contributed by atoms with van der Waals surface area (Å²) in [7, 11) is -1.69. The van der Waals surface area contributed by atoms with E-state index in [1.165, 1.54) is 0 Å². The monoisotopic (exact) mass is 327 g/mol. The molecule has 5 nitrogen and oxygen atoms in total. The van der Waals surface area contributed by atoms with Gasteiger partial charge in [0, 0.05) is 18.6 Å². The lowest BCUT2D eigenvalue weighted by molar-refractivity contribution is 0.0569. The van der Waals surface area contributed by atoms with E-state index in [1.807, 2.05) is 38.1 Å². The van der Waals surface area contributed by atoms with E-state index in [9.17, 15) is 8.42 Å². The maximum absolute atomic E-state index is 12.5. The zero-order valence-corrected chi connectivity index (χ0v) is 14.2. The van der Waals surface area contributed by atoms with Crippen LogP contribution in [0.3, 0.4) is 0 Å². The molecule has 0 saturated carbocycles. The average molecular weight is 327 g/mol. The number of nitrogens with one attached hydrogen (secondary N) is 1. The standard InChI is InChI=1S/C16H25NO4S/c1-12(2)17-22(18,19)16-8-9-21-11-14(16)10-13-4-6-15(20-3)7-5-13/h4-7,12,14,16-17H,8-11H2,1-3H3/t14-,16-/m1/s1. The van der Waals surface area contributed by atoms with E-state index in [1.54, 1.807) is 7.11 Å². The molecule has 0 spiro atoms. The maximum atomic E-state index is 12.5. The van der Waals surface area contributed by atoms with Gasteiger partial charge in [0.2, 0.25) is 10.0 Å². The van der Waals surface area contributed by atoms with Crippen LogP contribution < -0.4 is 9.46 Å². The summed E-state index contributed by atoms with van der Waals surface area (Å²) >= 11 is 0. The van der Waals surface area contributed by atoms with Crippen molar-refractivity contribution in [2.45, 2.75) is 38.0 Å². The third-order valence-corrected chi connectivity index (χ3v) is 6.08. The van der Waals surface area contributed by atoms with Crippen molar-refractivity contribution < 1.29 is 17.9 Å². The van der Waals surface area contributed by atoms with E-state index in [-0.39, 0.29) is 12.0 Å². The minimum atomic E-state index is -3.32. The fraction of sp³-hybridized carbons (Fsp3) is 0.625. The third-order valence-electron chi connectivity index (χ3n) is 3.86. The Bertz CT molecular complexity index is 568. The molecule has 2 atom stereocenters. The van der Waals surface area contributed by atoms with Gasteiger partial charge in [-0.3, -0.25) is 0 Å². The van der Waals surface area contributed by atoms with Crippen molar-refractivity contribution in [3.8, 4) is 5.75 Å². The molecule has 124 valence electrons. The summed E-state index contributed by atoms with van der Waals surface area (Å²) in [6.07, 6.45) is 1.23. The van der Waals surface area contributed by atoms with E-state index in [2.05, 4.69) is 4.72 Å². The van der Waals surface area contributed by atoms with Crippen molar-refractivity contribution in [1.29, 1.82) is 0 Å². The summed E-state index contributed by atoms with van der Waals surface area (Å²) in [5, 5.41) is -0.397. The summed E-state index contributed by atoms with van der Waals surface area (Å²) < 4.78 is 38.4. The molecule has 1 saturated heterocycles. The number of methoxy groups -OCH3 is 1. The van der Waals surface area contributed by atoms with Crippen LogP contribution in [0.15, 0.2) is 24.3 Å². The molecule has 1 aliphatic rings. The molecule has 0 amide bonds. The van der Waals surface area contributed by atoms with Gasteiger partial charge in [-0.2, -0.15) is 0 Å². The van der Waals surface area contributed by atoms with Gasteiger partial charge in [0.1, 0.15) is 5.75 Å². The first-order valence-corrected chi connectivity index (χ1v) is 9.19. The molecule has 0 aromatic heterocycles. The van der Waals surface area contributed by atoms with Crippen LogP contribution in [0.2, 0.25) is 0 Å². The predicted molar refractivity (Wildman–Crippen MR) is 86.6 cm³/mol. The van der Waals surface area contributed by atoms with Crippen LogP contribution in [-0.4, -0.2) is 40.0 Å². The van der Waals surface area contributed by atoms with Gasteiger partial charge in [0.05, 0.1) is 19.0 Å². The number of ether oxygens (including phenoxy) is 2. The molecule has 2 rings (SSSR count). The lowest BCUT2D eigenvalue weighted by Crippen LogP contribution is -2.46. The molecule has 0 bridgehead atoms. The Kier molecular flexibility index (Phi) is 5.83. The fourth-order valence-corrected chi connectivity index (χ4v) is 4.78. The van der Waals surface area contributed by atoms with E-state index in [4.69, 9.17) is 9.47 Å². The summed E-state index contributed by atoms with van der Waals surface area (Å²) in [5.74, 6) is 0.771. The number of hydrogen-bond donors (Lipinski definition) is 1. The summed E-state index contributed by atoms with van der Waals surface area (Å²) in [4.78, 5) is 0. The van der Waals surface area contributed by atoms with Crippen LogP contribution in [0, 0.1) is 5.92 Å². The second-order valence-corrected chi connectivity index (χ2v) is 7.96. The fourth-order valence-electron chi connectivity index (χ4n) is 2.86. The Morgan fingerprint density at radius 3 is 2.59 bits per heavy atom. The van der Waals surface area contributed by atoms with Crippen LogP contribution in [0.4, 0.5) is 0 Å². The largest absolute Gasteiger partial charge is 0.497 e. The Morgan fingerprint density at radius 2 is 2.00 bits per heavy atom. The second-order valence-electron chi connectivity index (χ2n) is 6.03. The van der Waals surface area contributed by atoms with E-state index < -0.39 is 15.3 Å². The summed E-state index contributed by atoms with van der Waals surface area (Å²) in [6, 6.07) is 7.67. The first kappa shape index (κ1) is 17.2. The van der Waals surface area contributed by atoms with Crippen LogP contribution >= 0.6 is 0 Å². The van der Waals surface area contributed by atoms with Gasteiger partial charge in [0.25, 0.3) is 0 Å². The number of rotatable bonds is 6. The van der Waals surface area contributed by atoms with Crippen molar-refractivity contribution in [2.24, 2.45) is 5.92 Å². The van der Waals surface area contributed by atoms with Crippen LogP contribution in [0.25, 0.3) is 0 Å². The Balaban J connectivity index is 2.12. The number of sulfonamides is 1. The molecule has 22 heavy (non-hydrogen) atoms. The molecule has 0 aliphatic carbocycles. The molecule has 1 fully saturated rings. The van der Waals surface area contributed by atoms with Crippen LogP contribution in [0.1, 0.15) is 25.8 Å². The Labute approximate surface area is 133 Å². The van der Waals surface area contributed by atoms with Crippen molar-refractivity contribution in [3.63, 3.8) is 0 Å². The maximum Gasteiger partial charge on any atom is 0.215 e. The van der Waals surface area contributed by atoms with Crippen molar-refractivity contribution in [1.82, 2.24) is 4.72 Å². The van der Waals surface area contributed by atoms with Gasteiger partial charge in [-0.05, 0) is 44.4 Å². The highest BCUT2D eigenvalue weighted by Crippen LogP contribution is 2.26. The minimum absolute atomic E-state index is 0.0293.